The molecule has 322 valence electrons. The number of amides is 5. The standard InChI is InChI=1S/C24H24F2N4O5.C18H13F2N3O4/c1-12(2)20(23(32)34-4)28-22(31)19-11-18(30-35-19)14-8-9-17(13(3)10-14)27-24(33)29-21-15(25)6-5-7-16(21)26;1-9-7-10(14-8-15(17(24)25)27-23-14)5-6-13(9)21-18(26)22-16-11(19)3-2-4-12(16)20/h5-12,20H,1-4H3,(H,28,31)(H2,27,29,33);2-8H,1H3,(H,24,25)(H2,21,22,26). The number of aryl methyl sites for hydroxylation is 2. The number of hydrogen-bond donors (Lipinski definition) is 6. The Bertz CT molecular complexity index is 2610. The van der Waals surface area contributed by atoms with Crippen molar-refractivity contribution < 1.29 is 60.4 Å². The molecule has 0 spiro atoms. The van der Waals surface area contributed by atoms with Gasteiger partial charge < -0.3 is 45.5 Å². The predicted molar refractivity (Wildman–Crippen MR) is 216 cm³/mol. The van der Waals surface area contributed by atoms with E-state index in [2.05, 4.69) is 36.9 Å². The van der Waals surface area contributed by atoms with Crippen molar-refractivity contribution in [2.24, 2.45) is 5.92 Å². The highest BCUT2D eigenvalue weighted by molar-refractivity contribution is 6.01. The van der Waals surface area contributed by atoms with E-state index in [0.29, 0.717) is 45.0 Å². The van der Waals surface area contributed by atoms with Crippen LogP contribution in [0.25, 0.3) is 22.5 Å². The summed E-state index contributed by atoms with van der Waals surface area (Å²) in [6.07, 6.45) is 0. The molecule has 0 aliphatic carbocycles. The maximum absolute atomic E-state index is 13.7. The van der Waals surface area contributed by atoms with Crippen molar-refractivity contribution in [1.82, 2.24) is 15.6 Å². The van der Waals surface area contributed by atoms with Crippen molar-refractivity contribution >= 4 is 52.7 Å². The summed E-state index contributed by atoms with van der Waals surface area (Å²) in [5.41, 5.74) is 2.76. The first-order valence-electron chi connectivity index (χ1n) is 18.3. The number of nitrogens with zero attached hydrogens (tertiary/aromatic N) is 2. The van der Waals surface area contributed by atoms with Crippen LogP contribution in [0, 0.1) is 43.0 Å². The molecular formula is C42H37F4N7O9. The molecule has 16 nitrogen and oxygen atoms in total. The molecule has 1 atom stereocenters. The van der Waals surface area contributed by atoms with Gasteiger partial charge in [-0.3, -0.25) is 4.79 Å². The number of halogens is 4. The highest BCUT2D eigenvalue weighted by Crippen LogP contribution is 2.27. The number of methoxy groups -OCH3 is 1. The van der Waals surface area contributed by atoms with Crippen molar-refractivity contribution in [1.29, 1.82) is 0 Å². The Kier molecular flexibility index (Phi) is 14.4. The van der Waals surface area contributed by atoms with Gasteiger partial charge in [-0.1, -0.05) is 48.4 Å². The van der Waals surface area contributed by atoms with Crippen LogP contribution >= 0.6 is 0 Å². The number of ether oxygens (including phenoxy) is 1. The highest BCUT2D eigenvalue weighted by Gasteiger charge is 2.27. The van der Waals surface area contributed by atoms with Gasteiger partial charge in [0, 0.05) is 34.6 Å². The fourth-order valence-corrected chi connectivity index (χ4v) is 5.56. The number of esters is 1. The van der Waals surface area contributed by atoms with Gasteiger partial charge in [0.15, 0.2) is 0 Å². The predicted octanol–water partition coefficient (Wildman–Crippen LogP) is 8.77. The number of nitrogens with one attached hydrogen (secondary N) is 5. The molecule has 1 unspecified atom stereocenters. The molecule has 2 aromatic heterocycles. The summed E-state index contributed by atoms with van der Waals surface area (Å²) in [7, 11) is 1.24. The normalized spacial score (nSPS) is 11.1. The molecule has 0 aliphatic rings. The molecule has 6 aromatic rings. The summed E-state index contributed by atoms with van der Waals surface area (Å²) in [6, 6.07) is 16.4. The Labute approximate surface area is 349 Å². The Morgan fingerprint density at radius 2 is 1.05 bits per heavy atom. The van der Waals surface area contributed by atoms with Crippen LogP contribution in [-0.2, 0) is 9.53 Å². The van der Waals surface area contributed by atoms with Gasteiger partial charge in [0.25, 0.3) is 5.91 Å². The molecule has 0 radical (unpaired) electrons. The number of para-hydroxylation sites is 2. The lowest BCUT2D eigenvalue weighted by atomic mass is 10.0. The second-order valence-corrected chi connectivity index (χ2v) is 13.6. The van der Waals surface area contributed by atoms with E-state index in [-0.39, 0.29) is 17.4 Å². The zero-order chi connectivity index (χ0) is 45.2. The SMILES string of the molecule is COC(=O)C(NC(=O)c1cc(-c2ccc(NC(=O)Nc3c(F)cccc3F)c(C)c2)no1)C(C)C.Cc1cc(-c2cc(C(=O)O)on2)ccc1NC(=O)Nc1c(F)cccc1F. The van der Waals surface area contributed by atoms with Gasteiger partial charge in [0.05, 0.1) is 7.11 Å². The second-order valence-electron chi connectivity index (χ2n) is 13.6. The first-order valence-corrected chi connectivity index (χ1v) is 18.3. The minimum Gasteiger partial charge on any atom is -0.475 e. The molecule has 0 saturated carbocycles. The van der Waals surface area contributed by atoms with Crippen molar-refractivity contribution in [3.63, 3.8) is 0 Å². The van der Waals surface area contributed by atoms with E-state index in [4.69, 9.17) is 18.9 Å². The zero-order valence-corrected chi connectivity index (χ0v) is 33.4. The third-order valence-electron chi connectivity index (χ3n) is 8.81. The summed E-state index contributed by atoms with van der Waals surface area (Å²) < 4.78 is 69.2. The summed E-state index contributed by atoms with van der Waals surface area (Å²) in [6.45, 7) is 6.93. The topological polar surface area (TPSA) is 227 Å². The number of anilines is 4. The second kappa shape index (κ2) is 19.8. The molecule has 6 rings (SSSR count). The number of rotatable bonds is 11. The fourth-order valence-electron chi connectivity index (χ4n) is 5.56. The first kappa shape index (κ1) is 45.1. The molecule has 62 heavy (non-hydrogen) atoms. The number of carbonyl (C=O) groups excluding carboxylic acids is 4. The van der Waals surface area contributed by atoms with E-state index in [0.717, 1.165) is 24.3 Å². The Morgan fingerprint density at radius 3 is 1.42 bits per heavy atom. The number of aromatic nitrogens is 2. The zero-order valence-electron chi connectivity index (χ0n) is 33.4. The van der Waals surface area contributed by atoms with Crippen LogP contribution in [-0.4, -0.2) is 58.5 Å². The molecule has 0 saturated heterocycles. The number of carbonyl (C=O) groups is 5. The maximum atomic E-state index is 13.7. The van der Waals surface area contributed by atoms with Crippen molar-refractivity contribution in [2.45, 2.75) is 33.7 Å². The van der Waals surface area contributed by atoms with Crippen molar-refractivity contribution in [3.8, 4) is 22.5 Å². The van der Waals surface area contributed by atoms with Gasteiger partial charge in [-0.2, -0.15) is 0 Å². The minimum atomic E-state index is -1.24. The molecule has 2 heterocycles. The molecule has 0 aliphatic heterocycles. The number of hydrogen-bond acceptors (Lipinski definition) is 10. The minimum absolute atomic E-state index is 0.0966. The van der Waals surface area contributed by atoms with E-state index >= 15 is 0 Å². The van der Waals surface area contributed by atoms with Crippen LogP contribution < -0.4 is 26.6 Å². The van der Waals surface area contributed by atoms with Crippen LogP contribution in [0.3, 0.4) is 0 Å². The summed E-state index contributed by atoms with van der Waals surface area (Å²) in [4.78, 5) is 59.5. The maximum Gasteiger partial charge on any atom is 0.374 e. The highest BCUT2D eigenvalue weighted by atomic mass is 19.1. The summed E-state index contributed by atoms with van der Waals surface area (Å²) >= 11 is 0. The van der Waals surface area contributed by atoms with E-state index in [1.807, 2.05) is 0 Å². The van der Waals surface area contributed by atoms with Gasteiger partial charge in [-0.25, -0.2) is 36.7 Å². The number of carboxylic acid groups (broad SMARTS) is 1. The number of urea groups is 2. The van der Waals surface area contributed by atoms with E-state index in [1.165, 1.54) is 31.4 Å². The largest absolute Gasteiger partial charge is 0.475 e. The molecule has 6 N–H and O–H groups in total. The van der Waals surface area contributed by atoms with Gasteiger partial charge in [0.1, 0.15) is 52.1 Å². The lowest BCUT2D eigenvalue weighted by molar-refractivity contribution is -0.144. The van der Waals surface area contributed by atoms with Crippen LogP contribution in [0.1, 0.15) is 46.1 Å². The lowest BCUT2D eigenvalue weighted by Gasteiger charge is -2.18. The quantitative estimate of drug-likeness (QED) is 0.0533. The molecule has 0 bridgehead atoms. The van der Waals surface area contributed by atoms with Crippen LogP contribution in [0.5, 0.6) is 0 Å². The van der Waals surface area contributed by atoms with E-state index in [1.54, 1.807) is 64.1 Å². The Balaban J connectivity index is 0.000000242. The van der Waals surface area contributed by atoms with Crippen LogP contribution in [0.2, 0.25) is 0 Å². The lowest BCUT2D eigenvalue weighted by Crippen LogP contribution is -2.44. The molecule has 5 amide bonds. The smallest absolute Gasteiger partial charge is 0.374 e. The number of aromatic carboxylic acids is 1. The molecule has 0 fully saturated rings. The van der Waals surface area contributed by atoms with Gasteiger partial charge >= 0.3 is 24.0 Å². The molecule has 4 aromatic carbocycles. The van der Waals surface area contributed by atoms with Crippen LogP contribution in [0.15, 0.2) is 94.0 Å². The summed E-state index contributed by atoms with van der Waals surface area (Å²) in [5.74, 6) is -6.61. The number of benzene rings is 4. The summed E-state index contributed by atoms with van der Waals surface area (Å²) in [5, 5.41) is 28.3. The molecular weight excluding hydrogens is 822 g/mol. The van der Waals surface area contributed by atoms with E-state index < -0.39 is 70.6 Å². The van der Waals surface area contributed by atoms with E-state index in [9.17, 15) is 41.5 Å². The Morgan fingerprint density at radius 1 is 0.629 bits per heavy atom. The average Bonchev–Trinajstić information content (AvgIpc) is 3.93. The third kappa shape index (κ3) is 11.2. The van der Waals surface area contributed by atoms with Gasteiger partial charge in [0.2, 0.25) is 11.5 Å². The third-order valence-corrected chi connectivity index (χ3v) is 8.81. The Hall–Kier alpha value is -8.03. The van der Waals surface area contributed by atoms with Crippen molar-refractivity contribution in [2.75, 3.05) is 28.4 Å². The first-order chi connectivity index (χ1) is 29.4. The fraction of sp³-hybridized carbons (Fsp3) is 0.167. The van der Waals surface area contributed by atoms with Crippen LogP contribution in [0.4, 0.5) is 49.9 Å². The van der Waals surface area contributed by atoms with Crippen molar-refractivity contribution in [3.05, 3.63) is 131 Å². The average molecular weight is 860 g/mol. The van der Waals surface area contributed by atoms with Gasteiger partial charge in [-0.05, 0) is 79.4 Å². The number of carboxylic acids is 1. The monoisotopic (exact) mass is 859 g/mol. The molecule has 20 heteroatoms. The van der Waals surface area contributed by atoms with Gasteiger partial charge in [-0.15, -0.1) is 0 Å².